The summed E-state index contributed by atoms with van der Waals surface area (Å²) < 4.78 is 0. The monoisotopic (exact) mass is 644 g/mol. The number of hydrogen-bond donors (Lipinski definition) is 0. The lowest BCUT2D eigenvalue weighted by Gasteiger charge is -2.09. The molecule has 4 aromatic carbocycles. The van der Waals surface area contributed by atoms with Crippen molar-refractivity contribution in [1.82, 2.24) is 0 Å². The van der Waals surface area contributed by atoms with Crippen molar-refractivity contribution in [2.75, 3.05) is 0 Å². The molecule has 48 heavy (non-hydrogen) atoms. The van der Waals surface area contributed by atoms with Gasteiger partial charge in [-0.25, -0.2) is 9.59 Å². The summed E-state index contributed by atoms with van der Waals surface area (Å²) >= 11 is 0. The van der Waals surface area contributed by atoms with Gasteiger partial charge in [-0.05, 0) is 61.1 Å². The third-order valence-corrected chi connectivity index (χ3v) is 7.68. The van der Waals surface area contributed by atoms with Crippen LogP contribution >= 0.6 is 0 Å². The topological polar surface area (TPSA) is 111 Å². The van der Waals surface area contributed by atoms with Crippen molar-refractivity contribution in [2.45, 2.75) is 65.2 Å². The summed E-state index contributed by atoms with van der Waals surface area (Å²) in [4.78, 5) is 61.9. The molecule has 8 nitrogen and oxygen atoms in total. The molecular formula is C40H40N2O6. The summed E-state index contributed by atoms with van der Waals surface area (Å²) in [6, 6.07) is 31.2. The predicted octanol–water partition coefficient (Wildman–Crippen LogP) is 9.31. The van der Waals surface area contributed by atoms with Crippen LogP contribution in [0.15, 0.2) is 120 Å². The van der Waals surface area contributed by atoms with E-state index in [0.29, 0.717) is 35.1 Å². The summed E-state index contributed by atoms with van der Waals surface area (Å²) in [6.07, 6.45) is 6.05. The Labute approximate surface area is 281 Å². The fourth-order valence-electron chi connectivity index (χ4n) is 4.89. The van der Waals surface area contributed by atoms with E-state index < -0.39 is 11.9 Å². The van der Waals surface area contributed by atoms with Gasteiger partial charge in [0.1, 0.15) is 11.4 Å². The van der Waals surface area contributed by atoms with Gasteiger partial charge in [-0.3, -0.25) is 9.59 Å². The summed E-state index contributed by atoms with van der Waals surface area (Å²) in [5.41, 5.74) is 3.63. The lowest BCUT2D eigenvalue weighted by atomic mass is 9.97. The van der Waals surface area contributed by atoms with E-state index in [-0.39, 0.29) is 23.0 Å². The van der Waals surface area contributed by atoms with Crippen LogP contribution in [0.1, 0.15) is 107 Å². The molecule has 0 aromatic heterocycles. The predicted molar refractivity (Wildman–Crippen MR) is 187 cm³/mol. The van der Waals surface area contributed by atoms with Crippen molar-refractivity contribution in [3.63, 3.8) is 0 Å². The largest absolute Gasteiger partial charge is 0.365 e. The molecule has 8 heteroatoms. The van der Waals surface area contributed by atoms with Crippen LogP contribution in [0.4, 0.5) is 0 Å². The second kappa shape index (κ2) is 18.6. The molecule has 0 atom stereocenters. The van der Waals surface area contributed by atoms with Gasteiger partial charge in [0, 0.05) is 11.1 Å². The van der Waals surface area contributed by atoms with E-state index in [2.05, 4.69) is 24.2 Å². The van der Waals surface area contributed by atoms with Crippen LogP contribution in [0.25, 0.3) is 11.1 Å². The average molecular weight is 645 g/mol. The van der Waals surface area contributed by atoms with E-state index in [9.17, 15) is 19.2 Å². The number of carbonyl (C=O) groups is 4. The molecule has 0 aliphatic carbocycles. The van der Waals surface area contributed by atoms with E-state index >= 15 is 0 Å². The Hall–Kier alpha value is -5.50. The van der Waals surface area contributed by atoms with Gasteiger partial charge in [-0.2, -0.15) is 0 Å². The van der Waals surface area contributed by atoms with E-state index in [4.69, 9.17) is 9.68 Å². The smallest absolute Gasteiger partial charge is 0.312 e. The standard InChI is InChI=1S/C40H40N2O6/c1-3-5-9-19-35(41-47-39(45)33-15-11-7-12-16-33)37(43)31-25-21-29(22-26-31)30-23-27-32(28-24-30)38(44)36(20-10-6-4-2)42-48-40(46)34-17-13-8-14-18-34/h7-8,11-18,21-28H,3-6,9-10,19-20H2,1-2H3. The highest BCUT2D eigenvalue weighted by atomic mass is 16.7. The number of unbranched alkanes of at least 4 members (excludes halogenated alkanes) is 4. The van der Waals surface area contributed by atoms with Crippen molar-refractivity contribution in [3.05, 3.63) is 131 Å². The molecule has 0 aliphatic heterocycles. The SMILES string of the molecule is CCCCCC(=NOC(=O)c1ccccc1)C(=O)c1ccc(-c2ccc(C(=O)C(CCCCC)=NOC(=O)c3ccccc3)cc2)cc1. The maximum absolute atomic E-state index is 13.4. The number of benzene rings is 4. The lowest BCUT2D eigenvalue weighted by Crippen LogP contribution is -2.16. The molecule has 0 radical (unpaired) electrons. The fourth-order valence-corrected chi connectivity index (χ4v) is 4.89. The molecule has 4 aromatic rings. The fraction of sp³-hybridized carbons (Fsp3) is 0.250. The van der Waals surface area contributed by atoms with Gasteiger partial charge in [0.05, 0.1) is 11.1 Å². The molecule has 0 heterocycles. The van der Waals surface area contributed by atoms with Gasteiger partial charge in [0.15, 0.2) is 0 Å². The maximum atomic E-state index is 13.4. The minimum atomic E-state index is -0.624. The number of rotatable bonds is 17. The van der Waals surface area contributed by atoms with E-state index in [1.54, 1.807) is 84.9 Å². The highest BCUT2D eigenvalue weighted by Gasteiger charge is 2.19. The van der Waals surface area contributed by atoms with Gasteiger partial charge < -0.3 is 9.68 Å². The normalized spacial score (nSPS) is 11.5. The zero-order chi connectivity index (χ0) is 34.1. The van der Waals surface area contributed by atoms with Crippen LogP contribution in [-0.4, -0.2) is 34.9 Å². The number of oxime groups is 2. The summed E-state index contributed by atoms with van der Waals surface area (Å²) in [7, 11) is 0. The molecule has 0 bridgehead atoms. The third kappa shape index (κ3) is 10.3. The summed E-state index contributed by atoms with van der Waals surface area (Å²) in [6.45, 7) is 4.14. The molecule has 0 spiro atoms. The van der Waals surface area contributed by atoms with E-state index in [1.807, 2.05) is 24.3 Å². The summed E-state index contributed by atoms with van der Waals surface area (Å²) in [5.74, 6) is -1.85. The zero-order valence-electron chi connectivity index (χ0n) is 27.4. The molecule has 0 fully saturated rings. The molecular weight excluding hydrogens is 604 g/mol. The van der Waals surface area contributed by atoms with Crippen molar-refractivity contribution < 1.29 is 28.9 Å². The van der Waals surface area contributed by atoms with Crippen molar-refractivity contribution in [2.24, 2.45) is 10.3 Å². The van der Waals surface area contributed by atoms with Gasteiger partial charge in [-0.15, -0.1) is 0 Å². The molecule has 246 valence electrons. The summed E-state index contributed by atoms with van der Waals surface area (Å²) in [5, 5.41) is 7.96. The van der Waals surface area contributed by atoms with E-state index in [0.717, 1.165) is 49.7 Å². The first-order valence-corrected chi connectivity index (χ1v) is 16.4. The lowest BCUT2D eigenvalue weighted by molar-refractivity contribution is 0.0505. The van der Waals surface area contributed by atoms with Crippen molar-refractivity contribution in [1.29, 1.82) is 0 Å². The minimum absolute atomic E-state index is 0.189. The number of carbonyl (C=O) groups excluding carboxylic acids is 4. The van der Waals surface area contributed by atoms with Crippen molar-refractivity contribution in [3.8, 4) is 11.1 Å². The van der Waals surface area contributed by atoms with Crippen LogP contribution in [0.2, 0.25) is 0 Å². The first kappa shape index (κ1) is 35.4. The Bertz CT molecular complexity index is 1600. The van der Waals surface area contributed by atoms with Gasteiger partial charge >= 0.3 is 11.9 Å². The molecule has 0 unspecified atom stereocenters. The molecule has 0 N–H and O–H groups in total. The molecule has 0 saturated carbocycles. The van der Waals surface area contributed by atoms with Crippen molar-refractivity contribution >= 4 is 34.9 Å². The maximum Gasteiger partial charge on any atom is 0.365 e. The highest BCUT2D eigenvalue weighted by molar-refractivity contribution is 6.46. The van der Waals surface area contributed by atoms with Gasteiger partial charge in [0.25, 0.3) is 0 Å². The Balaban J connectivity index is 1.46. The van der Waals surface area contributed by atoms with Crippen LogP contribution in [0.5, 0.6) is 0 Å². The number of nitrogens with zero attached hydrogens (tertiary/aromatic N) is 2. The average Bonchev–Trinajstić information content (AvgIpc) is 3.14. The first-order chi connectivity index (χ1) is 23.4. The quantitative estimate of drug-likeness (QED) is 0.0372. The molecule has 0 amide bonds. The third-order valence-electron chi connectivity index (χ3n) is 7.68. The van der Waals surface area contributed by atoms with Gasteiger partial charge in [-0.1, -0.05) is 135 Å². The second-order valence-electron chi connectivity index (χ2n) is 11.3. The second-order valence-corrected chi connectivity index (χ2v) is 11.3. The van der Waals surface area contributed by atoms with Crippen LogP contribution < -0.4 is 0 Å². The number of Topliss-reactive ketones (excluding diaryl/α,β-unsaturated/α-hetero) is 2. The Morgan fingerprint density at radius 1 is 0.458 bits per heavy atom. The van der Waals surface area contributed by atoms with Crippen LogP contribution in [0.3, 0.4) is 0 Å². The van der Waals surface area contributed by atoms with E-state index in [1.165, 1.54) is 0 Å². The number of hydrogen-bond acceptors (Lipinski definition) is 8. The Morgan fingerprint density at radius 2 is 0.812 bits per heavy atom. The highest BCUT2D eigenvalue weighted by Crippen LogP contribution is 2.22. The molecule has 0 aliphatic rings. The van der Waals surface area contributed by atoms with Crippen LogP contribution in [-0.2, 0) is 9.68 Å². The molecule has 4 rings (SSSR count). The zero-order valence-corrected chi connectivity index (χ0v) is 27.4. The molecule has 0 saturated heterocycles. The van der Waals surface area contributed by atoms with Crippen LogP contribution in [0, 0.1) is 0 Å². The first-order valence-electron chi connectivity index (χ1n) is 16.4. The Kier molecular flexibility index (Phi) is 13.7. The minimum Gasteiger partial charge on any atom is -0.312 e. The van der Waals surface area contributed by atoms with Gasteiger partial charge in [0.2, 0.25) is 11.6 Å². The number of ketones is 2. The Morgan fingerprint density at radius 3 is 1.15 bits per heavy atom.